The fraction of sp³-hybridized carbons (Fsp3) is 0.0833. The molecule has 0 aliphatic heterocycles. The fourth-order valence-corrected chi connectivity index (χ4v) is 1.62. The number of rotatable bonds is 1. The highest BCUT2D eigenvalue weighted by Crippen LogP contribution is 2.35. The summed E-state index contributed by atoms with van der Waals surface area (Å²) in [7, 11) is 1.23. The van der Waals surface area contributed by atoms with E-state index in [1.807, 2.05) is 0 Å². The van der Waals surface area contributed by atoms with Crippen LogP contribution in [0.25, 0.3) is 10.8 Å². The molecule has 0 unspecified atom stereocenters. The maximum atomic E-state index is 11.3. The molecule has 0 saturated heterocycles. The van der Waals surface area contributed by atoms with Crippen molar-refractivity contribution in [3.63, 3.8) is 0 Å². The van der Waals surface area contributed by atoms with Crippen molar-refractivity contribution in [3.05, 3.63) is 35.9 Å². The Morgan fingerprint density at radius 3 is 2.62 bits per heavy atom. The standard InChI is InChI=1S/C12H10O4/c1-16-12(15)8-6-5-7-3-2-4-9(13)10(7)11(8)14/h2-6,13-14H,1H3. The molecule has 0 heterocycles. The van der Waals surface area contributed by atoms with Gasteiger partial charge in [0.25, 0.3) is 0 Å². The van der Waals surface area contributed by atoms with Gasteiger partial charge >= 0.3 is 5.97 Å². The summed E-state index contributed by atoms with van der Waals surface area (Å²) in [6, 6.07) is 7.94. The predicted octanol–water partition coefficient (Wildman–Crippen LogP) is 2.04. The summed E-state index contributed by atoms with van der Waals surface area (Å²) in [6.45, 7) is 0. The molecule has 0 saturated carbocycles. The molecule has 2 rings (SSSR count). The monoisotopic (exact) mass is 218 g/mol. The van der Waals surface area contributed by atoms with Crippen molar-refractivity contribution in [3.8, 4) is 11.5 Å². The SMILES string of the molecule is COC(=O)c1ccc2cccc(O)c2c1O. The average Bonchev–Trinajstić information content (AvgIpc) is 2.28. The number of phenols is 2. The van der Waals surface area contributed by atoms with Gasteiger partial charge in [0, 0.05) is 0 Å². The van der Waals surface area contributed by atoms with Crippen LogP contribution in [-0.2, 0) is 4.74 Å². The molecule has 4 heteroatoms. The fourth-order valence-electron chi connectivity index (χ4n) is 1.62. The van der Waals surface area contributed by atoms with E-state index in [-0.39, 0.29) is 22.4 Å². The Labute approximate surface area is 91.7 Å². The molecule has 4 nitrogen and oxygen atoms in total. The van der Waals surface area contributed by atoms with Gasteiger partial charge < -0.3 is 14.9 Å². The van der Waals surface area contributed by atoms with E-state index in [9.17, 15) is 15.0 Å². The highest BCUT2D eigenvalue weighted by Gasteiger charge is 2.15. The van der Waals surface area contributed by atoms with Crippen LogP contribution in [-0.4, -0.2) is 23.3 Å². The Balaban J connectivity index is 2.78. The van der Waals surface area contributed by atoms with Crippen LogP contribution >= 0.6 is 0 Å². The van der Waals surface area contributed by atoms with Crippen LogP contribution < -0.4 is 0 Å². The lowest BCUT2D eigenvalue weighted by Crippen LogP contribution is -2.01. The molecule has 82 valence electrons. The zero-order valence-electron chi connectivity index (χ0n) is 8.60. The highest BCUT2D eigenvalue weighted by molar-refractivity contribution is 6.03. The van der Waals surface area contributed by atoms with Gasteiger partial charge in [0.05, 0.1) is 12.5 Å². The number of phenolic OH excluding ortho intramolecular Hbond substituents is 2. The first-order valence-corrected chi connectivity index (χ1v) is 4.67. The first-order chi connectivity index (χ1) is 7.65. The minimum absolute atomic E-state index is 0.0384. The normalized spacial score (nSPS) is 10.3. The maximum absolute atomic E-state index is 11.3. The third-order valence-corrected chi connectivity index (χ3v) is 2.40. The summed E-state index contributed by atoms with van der Waals surface area (Å²) >= 11 is 0. The van der Waals surface area contributed by atoms with Crippen molar-refractivity contribution in [2.24, 2.45) is 0 Å². The molecular weight excluding hydrogens is 208 g/mol. The first-order valence-electron chi connectivity index (χ1n) is 4.67. The minimum Gasteiger partial charge on any atom is -0.507 e. The molecule has 2 aromatic carbocycles. The summed E-state index contributed by atoms with van der Waals surface area (Å²) in [5.41, 5.74) is 0.0384. The van der Waals surface area contributed by atoms with E-state index in [1.165, 1.54) is 19.2 Å². The number of fused-ring (bicyclic) bond motifs is 1. The number of ether oxygens (including phenoxy) is 1. The van der Waals surface area contributed by atoms with Crippen LogP contribution in [0.5, 0.6) is 11.5 Å². The predicted molar refractivity (Wildman–Crippen MR) is 58.6 cm³/mol. The Kier molecular flexibility index (Phi) is 2.40. The molecule has 0 aliphatic rings. The van der Waals surface area contributed by atoms with Gasteiger partial charge in [-0.25, -0.2) is 4.79 Å². The number of aromatic hydroxyl groups is 2. The average molecular weight is 218 g/mol. The molecule has 0 aliphatic carbocycles. The van der Waals surface area contributed by atoms with E-state index in [2.05, 4.69) is 4.74 Å². The van der Waals surface area contributed by atoms with E-state index in [0.717, 1.165) is 0 Å². The summed E-state index contributed by atoms with van der Waals surface area (Å²) in [5, 5.41) is 20.4. The van der Waals surface area contributed by atoms with Crippen LogP contribution in [0.15, 0.2) is 30.3 Å². The van der Waals surface area contributed by atoms with Gasteiger partial charge in [0.2, 0.25) is 0 Å². The molecule has 0 spiro atoms. The second kappa shape index (κ2) is 3.73. The van der Waals surface area contributed by atoms with Crippen molar-refractivity contribution in [1.82, 2.24) is 0 Å². The van der Waals surface area contributed by atoms with Crippen molar-refractivity contribution in [2.45, 2.75) is 0 Å². The lowest BCUT2D eigenvalue weighted by atomic mass is 10.0. The van der Waals surface area contributed by atoms with Crippen molar-refractivity contribution >= 4 is 16.7 Å². The lowest BCUT2D eigenvalue weighted by molar-refractivity contribution is 0.0598. The molecule has 0 radical (unpaired) electrons. The Morgan fingerprint density at radius 1 is 1.19 bits per heavy atom. The molecule has 0 aromatic heterocycles. The quantitative estimate of drug-likeness (QED) is 0.719. The van der Waals surface area contributed by atoms with E-state index in [4.69, 9.17) is 0 Å². The van der Waals surface area contributed by atoms with E-state index in [0.29, 0.717) is 5.39 Å². The zero-order valence-corrected chi connectivity index (χ0v) is 8.60. The lowest BCUT2D eigenvalue weighted by Gasteiger charge is -2.07. The van der Waals surface area contributed by atoms with Gasteiger partial charge in [-0.3, -0.25) is 0 Å². The van der Waals surface area contributed by atoms with Crippen LogP contribution in [0.3, 0.4) is 0 Å². The molecule has 0 bridgehead atoms. The van der Waals surface area contributed by atoms with E-state index in [1.54, 1.807) is 18.2 Å². The summed E-state index contributed by atoms with van der Waals surface area (Å²) in [6.07, 6.45) is 0. The van der Waals surface area contributed by atoms with Gasteiger partial charge in [0.1, 0.15) is 17.1 Å². The van der Waals surface area contributed by atoms with Gasteiger partial charge in [0.15, 0.2) is 0 Å². The van der Waals surface area contributed by atoms with Gasteiger partial charge in [-0.2, -0.15) is 0 Å². The number of carbonyl (C=O) groups excluding carboxylic acids is 1. The number of methoxy groups -OCH3 is 1. The van der Waals surface area contributed by atoms with Gasteiger partial charge in [-0.15, -0.1) is 0 Å². The van der Waals surface area contributed by atoms with E-state index < -0.39 is 5.97 Å². The number of carbonyl (C=O) groups is 1. The van der Waals surface area contributed by atoms with Crippen molar-refractivity contribution in [1.29, 1.82) is 0 Å². The van der Waals surface area contributed by atoms with Crippen LogP contribution in [0.4, 0.5) is 0 Å². The molecule has 2 N–H and O–H groups in total. The second-order valence-corrected chi connectivity index (χ2v) is 3.33. The molecule has 0 atom stereocenters. The van der Waals surface area contributed by atoms with Crippen LogP contribution in [0, 0.1) is 0 Å². The molecule has 16 heavy (non-hydrogen) atoms. The number of hydrogen-bond acceptors (Lipinski definition) is 4. The summed E-state index contributed by atoms with van der Waals surface area (Å²) in [5.74, 6) is -0.967. The van der Waals surface area contributed by atoms with Crippen LogP contribution in [0.1, 0.15) is 10.4 Å². The Morgan fingerprint density at radius 2 is 1.94 bits per heavy atom. The Bertz CT molecular complexity index is 560. The summed E-state index contributed by atoms with van der Waals surface area (Å²) in [4.78, 5) is 11.3. The largest absolute Gasteiger partial charge is 0.507 e. The van der Waals surface area contributed by atoms with Crippen LogP contribution in [0.2, 0.25) is 0 Å². The maximum Gasteiger partial charge on any atom is 0.341 e. The first kappa shape index (κ1) is 10.3. The van der Waals surface area contributed by atoms with Crippen molar-refractivity contribution in [2.75, 3.05) is 7.11 Å². The second-order valence-electron chi connectivity index (χ2n) is 3.33. The molecule has 2 aromatic rings. The third kappa shape index (κ3) is 1.44. The number of esters is 1. The zero-order chi connectivity index (χ0) is 11.7. The third-order valence-electron chi connectivity index (χ3n) is 2.40. The summed E-state index contributed by atoms with van der Waals surface area (Å²) < 4.78 is 4.53. The number of hydrogen-bond donors (Lipinski definition) is 2. The molecule has 0 fully saturated rings. The van der Waals surface area contributed by atoms with Gasteiger partial charge in [-0.1, -0.05) is 18.2 Å². The number of benzene rings is 2. The topological polar surface area (TPSA) is 66.8 Å². The Hall–Kier alpha value is -2.23. The highest BCUT2D eigenvalue weighted by atomic mass is 16.5. The van der Waals surface area contributed by atoms with Gasteiger partial charge in [-0.05, 0) is 17.5 Å². The minimum atomic E-state index is -0.636. The smallest absolute Gasteiger partial charge is 0.341 e. The van der Waals surface area contributed by atoms with Crippen molar-refractivity contribution < 1.29 is 19.7 Å². The molecular formula is C12H10O4. The van der Waals surface area contributed by atoms with E-state index >= 15 is 0 Å². The molecule has 0 amide bonds.